The van der Waals surface area contributed by atoms with E-state index in [4.69, 9.17) is 0 Å². The van der Waals surface area contributed by atoms with E-state index in [-0.39, 0.29) is 0 Å². The fraction of sp³-hybridized carbons (Fsp3) is 0.0217. The van der Waals surface area contributed by atoms with Gasteiger partial charge in [-0.2, -0.15) is 0 Å². The molecule has 18 rings (SSSR count). The van der Waals surface area contributed by atoms with E-state index in [1.165, 1.54) is 132 Å². The first-order chi connectivity index (χ1) is 46.5. The Kier molecular flexibility index (Phi) is 14.2. The average molecular weight is 1260 g/mol. The molecule has 0 spiro atoms. The lowest BCUT2D eigenvalue weighted by atomic mass is 9.67. The van der Waals surface area contributed by atoms with Gasteiger partial charge in [-0.3, -0.25) is 0 Å². The normalized spacial score (nSPS) is 12.9. The Morgan fingerprint density at radius 2 is 0.543 bits per heavy atom. The number of halogens is 1. The van der Waals surface area contributed by atoms with E-state index in [0.717, 1.165) is 21.5 Å². The average Bonchev–Trinajstić information content (AvgIpc) is 1.53. The van der Waals surface area contributed by atoms with E-state index < -0.39 is 10.8 Å². The van der Waals surface area contributed by atoms with Crippen LogP contribution in [0.3, 0.4) is 0 Å². The number of benzene rings is 16. The molecule has 0 aliphatic heterocycles. The zero-order valence-corrected chi connectivity index (χ0v) is 53.2. The van der Waals surface area contributed by atoms with Crippen LogP contribution < -0.4 is 4.90 Å². The lowest BCUT2D eigenvalue weighted by molar-refractivity contribution is 0.769. The van der Waals surface area contributed by atoms with Crippen LogP contribution in [-0.4, -0.2) is 0 Å². The largest absolute Gasteiger partial charge is 0.310 e. The van der Waals surface area contributed by atoms with Crippen molar-refractivity contribution in [3.63, 3.8) is 0 Å². The zero-order valence-electron chi connectivity index (χ0n) is 51.6. The number of fused-ring (bicyclic) bond motifs is 11. The summed E-state index contributed by atoms with van der Waals surface area (Å²) in [7, 11) is 0. The van der Waals surface area contributed by atoms with Crippen molar-refractivity contribution < 1.29 is 0 Å². The summed E-state index contributed by atoms with van der Waals surface area (Å²) in [5, 5.41) is 7.56. The Morgan fingerprint density at radius 3 is 0.968 bits per heavy atom. The van der Waals surface area contributed by atoms with Crippen LogP contribution >= 0.6 is 15.9 Å². The molecule has 442 valence electrons. The molecule has 2 aliphatic rings. The maximum absolute atomic E-state index is 3.59. The summed E-state index contributed by atoms with van der Waals surface area (Å²) >= 11 is 3.59. The van der Waals surface area contributed by atoms with Crippen LogP contribution in [0.1, 0.15) is 44.5 Å². The molecular weight excluding hydrogens is 1200 g/mol. The highest BCUT2D eigenvalue weighted by atomic mass is 79.9. The minimum absolute atomic E-state index is 0.400. The molecule has 0 bridgehead atoms. The van der Waals surface area contributed by atoms with Gasteiger partial charge in [-0.1, -0.05) is 337 Å². The predicted molar refractivity (Wildman–Crippen MR) is 399 cm³/mol. The summed E-state index contributed by atoms with van der Waals surface area (Å²) in [6, 6.07) is 138. The molecule has 1 nitrogen and oxygen atoms in total. The molecule has 0 unspecified atom stereocenters. The molecule has 0 saturated heterocycles. The van der Waals surface area contributed by atoms with E-state index in [1.54, 1.807) is 0 Å². The van der Waals surface area contributed by atoms with Gasteiger partial charge in [-0.05, 0) is 182 Å². The third kappa shape index (κ3) is 9.35. The molecule has 16 aromatic carbocycles. The highest BCUT2D eigenvalue weighted by molar-refractivity contribution is 9.10. The summed E-state index contributed by atoms with van der Waals surface area (Å²) in [6.07, 6.45) is 0. The number of rotatable bonds is 10. The SMILES string of the molecule is Brc1ccc(-c2ccc3c(c2)C(c2ccccc2)(c2ccccc2)c2ccc4ccccc4c2-3)cc1.c1ccc(-c2ccc(N(c3ccc(-c4ccc5c(c4)C(c4ccccc4)(c4ccccc4)c4ccc6ccccc6c4-5)cc3)c3cccc4ccccc34)cc2)cc1. The van der Waals surface area contributed by atoms with Crippen LogP contribution in [0.5, 0.6) is 0 Å². The number of hydrogen-bond donors (Lipinski definition) is 0. The van der Waals surface area contributed by atoms with Crippen molar-refractivity contribution in [2.45, 2.75) is 10.8 Å². The molecule has 94 heavy (non-hydrogen) atoms. The van der Waals surface area contributed by atoms with Gasteiger partial charge in [-0.15, -0.1) is 0 Å². The minimum atomic E-state index is -0.482. The Labute approximate surface area is 558 Å². The van der Waals surface area contributed by atoms with E-state index in [9.17, 15) is 0 Å². The van der Waals surface area contributed by atoms with Gasteiger partial charge in [0.25, 0.3) is 0 Å². The fourth-order valence-electron chi connectivity index (χ4n) is 15.6. The van der Waals surface area contributed by atoms with Crippen LogP contribution in [0.25, 0.3) is 88.0 Å². The molecule has 0 fully saturated rings. The first-order valence-electron chi connectivity index (χ1n) is 32.4. The van der Waals surface area contributed by atoms with Gasteiger partial charge in [0, 0.05) is 21.2 Å². The molecular formula is C92H62BrN. The van der Waals surface area contributed by atoms with Crippen LogP contribution in [0.4, 0.5) is 17.1 Å². The third-order valence-electron chi connectivity index (χ3n) is 19.8. The van der Waals surface area contributed by atoms with Crippen molar-refractivity contribution in [1.29, 1.82) is 0 Å². The molecule has 2 heteroatoms. The van der Waals surface area contributed by atoms with Crippen LogP contribution in [0.2, 0.25) is 0 Å². The van der Waals surface area contributed by atoms with E-state index >= 15 is 0 Å². The molecule has 0 atom stereocenters. The van der Waals surface area contributed by atoms with E-state index in [0.29, 0.717) is 0 Å². The summed E-state index contributed by atoms with van der Waals surface area (Å²) in [6.45, 7) is 0. The lowest BCUT2D eigenvalue weighted by Crippen LogP contribution is -2.28. The van der Waals surface area contributed by atoms with Gasteiger partial charge in [0.1, 0.15) is 0 Å². The summed E-state index contributed by atoms with van der Waals surface area (Å²) in [5.41, 5.74) is 25.5. The smallest absolute Gasteiger partial charge is 0.0714 e. The van der Waals surface area contributed by atoms with Crippen molar-refractivity contribution in [3.05, 3.63) is 425 Å². The Balaban J connectivity index is 0.000000160. The van der Waals surface area contributed by atoms with Gasteiger partial charge in [0.2, 0.25) is 0 Å². The highest BCUT2D eigenvalue weighted by Gasteiger charge is 2.48. The topological polar surface area (TPSA) is 3.24 Å². The molecule has 0 amide bonds. The van der Waals surface area contributed by atoms with Gasteiger partial charge in [0.15, 0.2) is 0 Å². The Hall–Kier alpha value is -11.4. The number of hydrogen-bond acceptors (Lipinski definition) is 1. The van der Waals surface area contributed by atoms with E-state index in [1.807, 2.05) is 0 Å². The first kappa shape index (κ1) is 56.6. The molecule has 16 aromatic rings. The molecule has 0 radical (unpaired) electrons. The van der Waals surface area contributed by atoms with Gasteiger partial charge >= 0.3 is 0 Å². The molecule has 0 heterocycles. The van der Waals surface area contributed by atoms with Gasteiger partial charge in [0.05, 0.1) is 16.5 Å². The summed E-state index contributed by atoms with van der Waals surface area (Å²) in [5.74, 6) is 0. The minimum Gasteiger partial charge on any atom is -0.310 e. The van der Waals surface area contributed by atoms with Crippen molar-refractivity contribution >= 4 is 65.3 Å². The molecule has 0 saturated carbocycles. The maximum atomic E-state index is 3.59. The van der Waals surface area contributed by atoms with Crippen molar-refractivity contribution in [1.82, 2.24) is 0 Å². The monoisotopic (exact) mass is 1260 g/mol. The van der Waals surface area contributed by atoms with Crippen molar-refractivity contribution in [2.24, 2.45) is 0 Å². The summed E-state index contributed by atoms with van der Waals surface area (Å²) < 4.78 is 1.09. The van der Waals surface area contributed by atoms with Crippen molar-refractivity contribution in [2.75, 3.05) is 4.90 Å². The van der Waals surface area contributed by atoms with Gasteiger partial charge < -0.3 is 4.90 Å². The van der Waals surface area contributed by atoms with E-state index in [2.05, 4.69) is 397 Å². The lowest BCUT2D eigenvalue weighted by Gasteiger charge is -2.34. The number of anilines is 3. The Morgan fingerprint density at radius 1 is 0.223 bits per heavy atom. The fourth-order valence-corrected chi connectivity index (χ4v) is 15.8. The standard InChI is InChI=1S/C57H39N.C35H23Br/c1-4-15-40(16-5-1)41-27-33-48(34-28-41)58(55-26-14-19-43-17-10-12-24-50(43)55)49-35-29-42(30-36-49)45-31-37-52-54(39-45)57(46-20-6-2-7-21-46,47-22-8-3-9-23-47)53-38-32-44-18-11-13-25-51(44)56(52)53;36-29-19-15-24(16-20-29)26-17-21-31-33(23-26)35(27-10-3-1-4-11-27,28-12-5-2-6-13-28)32-22-18-25-9-7-8-14-30(25)34(31)32/h1-39H;1-23H. The van der Waals surface area contributed by atoms with Crippen LogP contribution in [-0.2, 0) is 10.8 Å². The zero-order chi connectivity index (χ0) is 62.6. The number of nitrogens with zero attached hydrogens (tertiary/aromatic N) is 1. The Bertz CT molecular complexity index is 5370. The second-order valence-electron chi connectivity index (χ2n) is 24.7. The first-order valence-corrected chi connectivity index (χ1v) is 33.2. The second kappa shape index (κ2) is 23.7. The van der Waals surface area contributed by atoms with Crippen LogP contribution in [0, 0.1) is 0 Å². The predicted octanol–water partition coefficient (Wildman–Crippen LogP) is 24.8. The molecule has 0 N–H and O–H groups in total. The maximum Gasteiger partial charge on any atom is 0.0714 e. The van der Waals surface area contributed by atoms with Gasteiger partial charge in [-0.25, -0.2) is 0 Å². The van der Waals surface area contributed by atoms with Crippen molar-refractivity contribution in [3.8, 4) is 55.6 Å². The second-order valence-corrected chi connectivity index (χ2v) is 25.6. The molecule has 2 aliphatic carbocycles. The molecule has 0 aromatic heterocycles. The third-order valence-corrected chi connectivity index (χ3v) is 20.3. The summed E-state index contributed by atoms with van der Waals surface area (Å²) in [4.78, 5) is 2.39. The van der Waals surface area contributed by atoms with Crippen LogP contribution in [0.15, 0.2) is 381 Å². The quantitative estimate of drug-likeness (QED) is 0.132. The highest BCUT2D eigenvalue weighted by Crippen LogP contribution is 2.60.